The van der Waals surface area contributed by atoms with E-state index in [-0.39, 0.29) is 11.9 Å². The number of aryl methyl sites for hydroxylation is 2. The summed E-state index contributed by atoms with van der Waals surface area (Å²) >= 11 is 7.74. The summed E-state index contributed by atoms with van der Waals surface area (Å²) in [6.07, 6.45) is 0. The zero-order valence-corrected chi connectivity index (χ0v) is 14.0. The summed E-state index contributed by atoms with van der Waals surface area (Å²) in [7, 11) is 1.59. The van der Waals surface area contributed by atoms with Crippen molar-refractivity contribution < 1.29 is 4.79 Å². The van der Waals surface area contributed by atoms with Crippen molar-refractivity contribution >= 4 is 34.5 Å². The third-order valence-electron chi connectivity index (χ3n) is 3.15. The Labute approximate surface area is 133 Å². The lowest BCUT2D eigenvalue weighted by molar-refractivity contribution is 0.0963. The summed E-state index contributed by atoms with van der Waals surface area (Å²) in [4.78, 5) is 17.4. The fraction of sp³-hybridized carbons (Fsp3) is 0.333. The molecule has 0 saturated carbocycles. The van der Waals surface area contributed by atoms with Crippen molar-refractivity contribution in [2.45, 2.75) is 26.8 Å². The van der Waals surface area contributed by atoms with E-state index >= 15 is 0 Å². The summed E-state index contributed by atoms with van der Waals surface area (Å²) < 4.78 is 0. The quantitative estimate of drug-likeness (QED) is 0.896. The van der Waals surface area contributed by atoms with Crippen molar-refractivity contribution in [3.05, 3.63) is 44.4 Å². The van der Waals surface area contributed by atoms with Crippen LogP contribution in [0.25, 0.3) is 0 Å². The first-order valence-corrected chi connectivity index (χ1v) is 7.84. The number of hydrogen-bond donors (Lipinski definition) is 2. The van der Waals surface area contributed by atoms with Crippen LogP contribution in [0.3, 0.4) is 0 Å². The van der Waals surface area contributed by atoms with Crippen molar-refractivity contribution in [1.82, 2.24) is 10.3 Å². The number of hydrogen-bond acceptors (Lipinski definition) is 4. The molecule has 1 heterocycles. The molecule has 2 aromatic rings. The molecule has 2 rings (SSSR count). The number of aromatic nitrogens is 1. The van der Waals surface area contributed by atoms with Crippen molar-refractivity contribution in [2.75, 3.05) is 12.4 Å². The van der Waals surface area contributed by atoms with Gasteiger partial charge in [-0.25, -0.2) is 4.98 Å². The van der Waals surface area contributed by atoms with E-state index < -0.39 is 0 Å². The average Bonchev–Trinajstić information content (AvgIpc) is 2.79. The monoisotopic (exact) mass is 323 g/mol. The number of carbonyl (C=O) groups excluding carboxylic acids is 1. The Bertz CT molecular complexity index is 669. The van der Waals surface area contributed by atoms with Gasteiger partial charge in [0.1, 0.15) is 0 Å². The van der Waals surface area contributed by atoms with E-state index in [9.17, 15) is 4.79 Å². The van der Waals surface area contributed by atoms with Gasteiger partial charge in [0, 0.05) is 17.6 Å². The van der Waals surface area contributed by atoms with Crippen molar-refractivity contribution in [3.8, 4) is 0 Å². The summed E-state index contributed by atoms with van der Waals surface area (Å²) in [6.45, 7) is 6.09. The Morgan fingerprint density at radius 2 is 2.10 bits per heavy atom. The molecule has 0 aliphatic rings. The molecule has 2 N–H and O–H groups in total. The van der Waals surface area contributed by atoms with Crippen LogP contribution < -0.4 is 10.6 Å². The number of anilines is 1. The molecule has 1 atom stereocenters. The van der Waals surface area contributed by atoms with E-state index in [2.05, 4.69) is 22.5 Å². The van der Waals surface area contributed by atoms with Crippen LogP contribution >= 0.6 is 22.9 Å². The molecule has 1 unspecified atom stereocenters. The maximum atomic E-state index is 11.8. The summed E-state index contributed by atoms with van der Waals surface area (Å²) in [5, 5.41) is 7.47. The maximum absolute atomic E-state index is 11.8. The predicted octanol–water partition coefficient (Wildman–Crippen LogP) is 3.95. The van der Waals surface area contributed by atoms with Gasteiger partial charge in [0.2, 0.25) is 0 Å². The van der Waals surface area contributed by atoms with Gasteiger partial charge in [-0.15, -0.1) is 11.3 Å². The SMILES string of the molecule is CNC(=O)c1cc(NC(C)c2sc(C)nc2C)ccc1Cl. The van der Waals surface area contributed by atoms with Crippen molar-refractivity contribution in [1.29, 1.82) is 0 Å². The fourth-order valence-corrected chi connectivity index (χ4v) is 3.32. The van der Waals surface area contributed by atoms with Gasteiger partial charge in [-0.05, 0) is 39.0 Å². The van der Waals surface area contributed by atoms with Crippen LogP contribution in [0.15, 0.2) is 18.2 Å². The smallest absolute Gasteiger partial charge is 0.252 e. The highest BCUT2D eigenvalue weighted by atomic mass is 35.5. The van der Waals surface area contributed by atoms with E-state index in [0.29, 0.717) is 10.6 Å². The fourth-order valence-electron chi connectivity index (χ4n) is 2.19. The Morgan fingerprint density at radius 1 is 1.38 bits per heavy atom. The number of amides is 1. The Hall–Kier alpha value is -1.59. The molecule has 21 heavy (non-hydrogen) atoms. The van der Waals surface area contributed by atoms with Crippen LogP contribution in [-0.4, -0.2) is 17.9 Å². The molecule has 1 aromatic heterocycles. The van der Waals surface area contributed by atoms with Gasteiger partial charge in [-0.3, -0.25) is 4.79 Å². The van der Waals surface area contributed by atoms with Crippen LogP contribution in [-0.2, 0) is 0 Å². The number of nitrogens with one attached hydrogen (secondary N) is 2. The molecule has 0 bridgehead atoms. The zero-order chi connectivity index (χ0) is 15.6. The molecule has 4 nitrogen and oxygen atoms in total. The number of benzene rings is 1. The Morgan fingerprint density at radius 3 is 2.67 bits per heavy atom. The molecule has 0 spiro atoms. The highest BCUT2D eigenvalue weighted by molar-refractivity contribution is 7.11. The minimum Gasteiger partial charge on any atom is -0.378 e. The normalized spacial score (nSPS) is 12.0. The largest absolute Gasteiger partial charge is 0.378 e. The Balaban J connectivity index is 2.23. The van der Waals surface area contributed by atoms with E-state index in [4.69, 9.17) is 11.6 Å². The van der Waals surface area contributed by atoms with Gasteiger partial charge in [-0.2, -0.15) is 0 Å². The van der Waals surface area contributed by atoms with Crippen LogP contribution in [0.5, 0.6) is 0 Å². The first-order chi connectivity index (χ1) is 9.92. The van der Waals surface area contributed by atoms with E-state index in [1.54, 1.807) is 30.5 Å². The predicted molar refractivity (Wildman–Crippen MR) is 88.5 cm³/mol. The molecule has 1 amide bonds. The Kier molecular flexibility index (Phi) is 4.85. The minimum atomic E-state index is -0.193. The molecule has 0 aliphatic heterocycles. The van der Waals surface area contributed by atoms with E-state index in [0.717, 1.165) is 16.4 Å². The lowest BCUT2D eigenvalue weighted by Gasteiger charge is -2.15. The number of carbonyl (C=O) groups is 1. The van der Waals surface area contributed by atoms with Crippen molar-refractivity contribution in [2.24, 2.45) is 0 Å². The number of halogens is 1. The van der Waals surface area contributed by atoms with Gasteiger partial charge >= 0.3 is 0 Å². The molecule has 0 saturated heterocycles. The minimum absolute atomic E-state index is 0.120. The zero-order valence-electron chi connectivity index (χ0n) is 12.5. The maximum Gasteiger partial charge on any atom is 0.252 e. The molecule has 0 fully saturated rings. The van der Waals surface area contributed by atoms with Gasteiger partial charge < -0.3 is 10.6 Å². The van der Waals surface area contributed by atoms with Crippen LogP contribution in [0.2, 0.25) is 5.02 Å². The standard InChI is InChI=1S/C15H18ClN3OS/c1-8-14(21-10(3)18-8)9(2)19-11-5-6-13(16)12(7-11)15(20)17-4/h5-7,9,19H,1-4H3,(H,17,20). The van der Waals surface area contributed by atoms with Gasteiger partial charge in [-0.1, -0.05) is 11.6 Å². The van der Waals surface area contributed by atoms with Crippen LogP contribution in [0, 0.1) is 13.8 Å². The first kappa shape index (κ1) is 15.8. The lowest BCUT2D eigenvalue weighted by Crippen LogP contribution is -2.18. The van der Waals surface area contributed by atoms with Gasteiger partial charge in [0.05, 0.1) is 27.3 Å². The lowest BCUT2D eigenvalue weighted by atomic mass is 10.1. The van der Waals surface area contributed by atoms with Crippen LogP contribution in [0.1, 0.15) is 38.9 Å². The molecule has 0 radical (unpaired) electrons. The number of nitrogens with zero attached hydrogens (tertiary/aromatic N) is 1. The van der Waals surface area contributed by atoms with Crippen molar-refractivity contribution in [3.63, 3.8) is 0 Å². The molecule has 0 aliphatic carbocycles. The third kappa shape index (κ3) is 3.54. The van der Waals surface area contributed by atoms with Gasteiger partial charge in [0.15, 0.2) is 0 Å². The topological polar surface area (TPSA) is 54.0 Å². The second kappa shape index (κ2) is 6.45. The molecular weight excluding hydrogens is 306 g/mol. The molecule has 112 valence electrons. The number of rotatable bonds is 4. The number of thiazole rings is 1. The highest BCUT2D eigenvalue weighted by Gasteiger charge is 2.14. The summed E-state index contributed by atoms with van der Waals surface area (Å²) in [5.41, 5.74) is 2.36. The van der Waals surface area contributed by atoms with Crippen LogP contribution in [0.4, 0.5) is 5.69 Å². The second-order valence-electron chi connectivity index (χ2n) is 4.82. The van der Waals surface area contributed by atoms with E-state index in [1.807, 2.05) is 19.9 Å². The summed E-state index contributed by atoms with van der Waals surface area (Å²) in [6, 6.07) is 5.48. The molecule has 6 heteroatoms. The second-order valence-corrected chi connectivity index (χ2v) is 6.46. The third-order valence-corrected chi connectivity index (χ3v) is 4.74. The molecule has 1 aromatic carbocycles. The summed E-state index contributed by atoms with van der Waals surface area (Å²) in [5.74, 6) is -0.193. The molecular formula is C15H18ClN3OS. The van der Waals surface area contributed by atoms with E-state index in [1.165, 1.54) is 4.88 Å². The highest BCUT2D eigenvalue weighted by Crippen LogP contribution is 2.29. The first-order valence-electron chi connectivity index (χ1n) is 6.64. The van der Waals surface area contributed by atoms with Gasteiger partial charge in [0.25, 0.3) is 5.91 Å². The average molecular weight is 324 g/mol.